The van der Waals surface area contributed by atoms with Crippen molar-refractivity contribution in [2.45, 2.75) is 51.8 Å². The highest BCUT2D eigenvalue weighted by molar-refractivity contribution is 4.92. The first-order valence-electron chi connectivity index (χ1n) is 4.51. The van der Waals surface area contributed by atoms with Crippen LogP contribution in [0.2, 0.25) is 0 Å². The summed E-state index contributed by atoms with van der Waals surface area (Å²) in [5, 5.41) is 22.4. The Hall–Kier alpha value is -0.120. The van der Waals surface area contributed by atoms with Crippen LogP contribution in [0.3, 0.4) is 0 Å². The van der Waals surface area contributed by atoms with Crippen LogP contribution in [-0.4, -0.2) is 27.9 Å². The van der Waals surface area contributed by atoms with Gasteiger partial charge in [-0.1, -0.05) is 6.92 Å². The Labute approximate surface area is 74.0 Å². The molecule has 3 unspecified atom stereocenters. The van der Waals surface area contributed by atoms with Gasteiger partial charge in [-0.2, -0.15) is 0 Å². The van der Waals surface area contributed by atoms with E-state index in [1.165, 1.54) is 0 Å². The molecule has 1 aliphatic heterocycles. The van der Waals surface area contributed by atoms with Gasteiger partial charge in [-0.05, 0) is 33.1 Å². The smallest absolute Gasteiger partial charge is 0.0599 e. The summed E-state index contributed by atoms with van der Waals surface area (Å²) in [6.07, 6.45) is 0.238. The fourth-order valence-corrected chi connectivity index (χ4v) is 1.87. The maximum atomic E-state index is 11.6. The van der Waals surface area contributed by atoms with Gasteiger partial charge in [0.05, 0.1) is 6.10 Å². The summed E-state index contributed by atoms with van der Waals surface area (Å²) in [6.45, 7) is 7.56. The van der Waals surface area contributed by atoms with Crippen LogP contribution in [0.25, 0.3) is 0 Å². The Morgan fingerprint density at radius 3 is 2.42 bits per heavy atom. The fraction of sp³-hybridized carbons (Fsp3) is 1.00. The van der Waals surface area contributed by atoms with E-state index in [-0.39, 0.29) is 18.1 Å². The molecule has 1 saturated heterocycles. The van der Waals surface area contributed by atoms with Gasteiger partial charge in [0.15, 0.2) is 0 Å². The van der Waals surface area contributed by atoms with Crippen LogP contribution in [0.15, 0.2) is 0 Å². The Bertz CT molecular complexity index is 170. The standard InChI is InChI=1S/C9H18NO2/c1-6-7(2)10(12)9(3,4)5-8(6)11/h6-8,11H,5H2,1-4H3. The van der Waals surface area contributed by atoms with Crippen molar-refractivity contribution in [1.29, 1.82) is 0 Å². The third kappa shape index (κ3) is 1.49. The van der Waals surface area contributed by atoms with E-state index in [4.69, 9.17) is 0 Å². The minimum absolute atomic E-state index is 0.0792. The van der Waals surface area contributed by atoms with Crippen LogP contribution in [0, 0.1) is 5.92 Å². The first-order chi connectivity index (χ1) is 5.36. The maximum absolute atomic E-state index is 11.6. The average Bonchev–Trinajstić information content (AvgIpc) is 1.97. The highest BCUT2D eigenvalue weighted by Gasteiger charge is 2.43. The molecule has 3 heteroatoms. The quantitative estimate of drug-likeness (QED) is 0.596. The van der Waals surface area contributed by atoms with Crippen molar-refractivity contribution in [3.05, 3.63) is 0 Å². The van der Waals surface area contributed by atoms with E-state index in [9.17, 15) is 10.3 Å². The van der Waals surface area contributed by atoms with Gasteiger partial charge in [0, 0.05) is 11.6 Å². The molecule has 12 heavy (non-hydrogen) atoms. The van der Waals surface area contributed by atoms with Gasteiger partial charge in [-0.3, -0.25) is 0 Å². The molecular weight excluding hydrogens is 154 g/mol. The van der Waals surface area contributed by atoms with Crippen molar-refractivity contribution in [1.82, 2.24) is 5.06 Å². The first-order valence-corrected chi connectivity index (χ1v) is 4.51. The van der Waals surface area contributed by atoms with E-state index in [0.29, 0.717) is 6.42 Å². The SMILES string of the molecule is CC1C(O)CC(C)(C)N([O])C1C. The Kier molecular flexibility index (Phi) is 2.47. The van der Waals surface area contributed by atoms with Crippen LogP contribution < -0.4 is 0 Å². The van der Waals surface area contributed by atoms with Gasteiger partial charge < -0.3 is 5.11 Å². The number of piperidine rings is 1. The van der Waals surface area contributed by atoms with Crippen LogP contribution in [-0.2, 0) is 5.21 Å². The summed E-state index contributed by atoms with van der Waals surface area (Å²) in [7, 11) is 0. The largest absolute Gasteiger partial charge is 0.393 e. The summed E-state index contributed by atoms with van der Waals surface area (Å²) < 4.78 is 0. The fourth-order valence-electron chi connectivity index (χ4n) is 1.87. The zero-order chi connectivity index (χ0) is 9.52. The summed E-state index contributed by atoms with van der Waals surface area (Å²) in [4.78, 5) is 0. The second-order valence-electron chi connectivity index (χ2n) is 4.51. The molecule has 0 bridgehead atoms. The van der Waals surface area contributed by atoms with E-state index >= 15 is 0 Å². The summed E-state index contributed by atoms with van der Waals surface area (Å²) in [5.41, 5.74) is -0.411. The molecule has 1 heterocycles. The number of aliphatic hydroxyl groups excluding tert-OH is 1. The molecule has 0 saturated carbocycles. The molecule has 0 aliphatic carbocycles. The molecule has 1 rings (SSSR count). The van der Waals surface area contributed by atoms with Crippen LogP contribution in [0.1, 0.15) is 34.1 Å². The number of aliphatic hydroxyl groups is 1. The monoisotopic (exact) mass is 172 g/mol. The van der Waals surface area contributed by atoms with Gasteiger partial charge in [-0.15, -0.1) is 10.3 Å². The topological polar surface area (TPSA) is 43.4 Å². The molecule has 3 atom stereocenters. The minimum Gasteiger partial charge on any atom is -0.393 e. The number of hydroxylamine groups is 2. The van der Waals surface area contributed by atoms with Crippen molar-refractivity contribution in [3.63, 3.8) is 0 Å². The predicted octanol–water partition coefficient (Wildman–Crippen LogP) is 1.20. The molecule has 1 N–H and O–H groups in total. The second kappa shape index (κ2) is 2.98. The van der Waals surface area contributed by atoms with Crippen LogP contribution in [0.5, 0.6) is 0 Å². The average molecular weight is 172 g/mol. The number of rotatable bonds is 0. The molecule has 3 nitrogen and oxygen atoms in total. The summed E-state index contributed by atoms with van der Waals surface area (Å²) >= 11 is 0. The Morgan fingerprint density at radius 2 is 1.92 bits per heavy atom. The normalized spacial score (nSPS) is 43.0. The molecule has 1 radical (unpaired) electrons. The molecule has 71 valence electrons. The van der Waals surface area contributed by atoms with E-state index in [0.717, 1.165) is 5.06 Å². The van der Waals surface area contributed by atoms with Crippen molar-refractivity contribution in [3.8, 4) is 0 Å². The lowest BCUT2D eigenvalue weighted by atomic mass is 9.80. The highest BCUT2D eigenvalue weighted by Crippen LogP contribution is 2.33. The third-order valence-corrected chi connectivity index (χ3v) is 3.04. The van der Waals surface area contributed by atoms with Gasteiger partial charge in [0.1, 0.15) is 0 Å². The summed E-state index contributed by atoms with van der Waals surface area (Å²) in [5.74, 6) is 0.0792. The van der Waals surface area contributed by atoms with Crippen molar-refractivity contribution >= 4 is 0 Å². The van der Waals surface area contributed by atoms with E-state index in [2.05, 4.69) is 0 Å². The molecule has 1 aliphatic rings. The van der Waals surface area contributed by atoms with Gasteiger partial charge >= 0.3 is 0 Å². The Balaban J connectivity index is 2.78. The minimum atomic E-state index is -0.411. The van der Waals surface area contributed by atoms with Crippen molar-refractivity contribution in [2.75, 3.05) is 0 Å². The van der Waals surface area contributed by atoms with Gasteiger partial charge in [0.25, 0.3) is 0 Å². The number of hydrogen-bond acceptors (Lipinski definition) is 2. The zero-order valence-corrected chi connectivity index (χ0v) is 8.24. The lowest BCUT2D eigenvalue weighted by Gasteiger charge is -2.46. The summed E-state index contributed by atoms with van der Waals surface area (Å²) in [6, 6.07) is -0.0799. The van der Waals surface area contributed by atoms with Crippen LogP contribution in [0.4, 0.5) is 0 Å². The molecule has 0 amide bonds. The molecular formula is C9H18NO2. The highest BCUT2D eigenvalue weighted by atomic mass is 16.5. The lowest BCUT2D eigenvalue weighted by molar-refractivity contribution is -0.280. The molecule has 0 aromatic heterocycles. The van der Waals surface area contributed by atoms with E-state index in [1.54, 1.807) is 0 Å². The number of hydrogen-bond donors (Lipinski definition) is 1. The molecule has 1 fully saturated rings. The van der Waals surface area contributed by atoms with Gasteiger partial charge in [0.2, 0.25) is 0 Å². The van der Waals surface area contributed by atoms with Crippen molar-refractivity contribution < 1.29 is 10.3 Å². The third-order valence-electron chi connectivity index (χ3n) is 3.04. The van der Waals surface area contributed by atoms with Gasteiger partial charge in [-0.25, -0.2) is 0 Å². The molecule has 0 aromatic rings. The maximum Gasteiger partial charge on any atom is 0.0599 e. The lowest BCUT2D eigenvalue weighted by Crippen LogP contribution is -2.57. The second-order valence-corrected chi connectivity index (χ2v) is 4.51. The number of nitrogens with zero attached hydrogens (tertiary/aromatic N) is 1. The van der Waals surface area contributed by atoms with E-state index in [1.807, 2.05) is 27.7 Å². The van der Waals surface area contributed by atoms with E-state index < -0.39 is 5.54 Å². The molecule has 0 aromatic carbocycles. The molecule has 0 spiro atoms. The first kappa shape index (κ1) is 9.96. The van der Waals surface area contributed by atoms with Crippen molar-refractivity contribution in [2.24, 2.45) is 5.92 Å². The Morgan fingerprint density at radius 1 is 1.42 bits per heavy atom. The zero-order valence-electron chi connectivity index (χ0n) is 8.24. The predicted molar refractivity (Wildman–Crippen MR) is 45.9 cm³/mol. The van der Waals surface area contributed by atoms with Crippen LogP contribution >= 0.6 is 0 Å².